The van der Waals surface area contributed by atoms with Crippen LogP contribution in [0.4, 0.5) is 0 Å². The topological polar surface area (TPSA) is 67.5 Å². The molecule has 1 aromatic heterocycles. The van der Waals surface area contributed by atoms with Crippen LogP contribution in [0, 0.1) is 5.92 Å². The molecule has 5 nitrogen and oxygen atoms in total. The minimum atomic E-state index is -0.965. The molecule has 0 radical (unpaired) electrons. The Morgan fingerprint density at radius 1 is 1.28 bits per heavy atom. The fraction of sp³-hybridized carbons (Fsp3) is 0.769. The van der Waals surface area contributed by atoms with Crippen molar-refractivity contribution in [3.63, 3.8) is 0 Å². The quantitative estimate of drug-likeness (QED) is 0.780. The van der Waals surface area contributed by atoms with Crippen LogP contribution in [0.5, 0.6) is 5.75 Å². The second-order valence-electron chi connectivity index (χ2n) is 4.43. The van der Waals surface area contributed by atoms with Crippen LogP contribution in [0.1, 0.15) is 45.4 Å². The zero-order valence-electron chi connectivity index (χ0n) is 11.6. The van der Waals surface area contributed by atoms with Gasteiger partial charge in [0.2, 0.25) is 0 Å². The van der Waals surface area contributed by atoms with E-state index >= 15 is 0 Å². The van der Waals surface area contributed by atoms with E-state index in [0.717, 1.165) is 12.8 Å². The van der Waals surface area contributed by atoms with E-state index in [2.05, 4.69) is 5.10 Å². The van der Waals surface area contributed by atoms with Gasteiger partial charge in [0.25, 0.3) is 0 Å². The van der Waals surface area contributed by atoms with Gasteiger partial charge in [0.15, 0.2) is 5.75 Å². The summed E-state index contributed by atoms with van der Waals surface area (Å²) in [6.07, 6.45) is 1.47. The van der Waals surface area contributed by atoms with E-state index in [9.17, 15) is 10.2 Å². The molecule has 0 saturated heterocycles. The van der Waals surface area contributed by atoms with Crippen LogP contribution < -0.4 is 4.74 Å². The Morgan fingerprint density at radius 3 is 2.33 bits per heavy atom. The molecule has 5 heteroatoms. The second-order valence-corrected chi connectivity index (χ2v) is 4.43. The Hall–Kier alpha value is -1.07. The number of rotatable bonds is 7. The molecular weight excluding hydrogens is 232 g/mol. The van der Waals surface area contributed by atoms with Crippen LogP contribution in [-0.4, -0.2) is 33.2 Å². The minimum absolute atomic E-state index is 0.0740. The normalized spacial score (nSPS) is 14.8. The molecule has 0 saturated carbocycles. The molecule has 0 spiro atoms. The summed E-state index contributed by atoms with van der Waals surface area (Å²) in [5.74, 6) is 0.597. The molecule has 0 amide bonds. The molecule has 1 aromatic rings. The highest BCUT2D eigenvalue weighted by molar-refractivity contribution is 5.28. The van der Waals surface area contributed by atoms with Gasteiger partial charge < -0.3 is 14.9 Å². The second kappa shape index (κ2) is 6.75. The van der Waals surface area contributed by atoms with Crippen LogP contribution in [0.2, 0.25) is 0 Å². The van der Waals surface area contributed by atoms with E-state index < -0.39 is 12.2 Å². The van der Waals surface area contributed by atoms with Gasteiger partial charge in [-0.3, -0.25) is 4.68 Å². The molecule has 2 N–H and O–H groups in total. The number of aliphatic hydroxyl groups is 2. The Kier molecular flexibility index (Phi) is 5.62. The molecule has 0 aliphatic carbocycles. The van der Waals surface area contributed by atoms with Crippen LogP contribution in [0.15, 0.2) is 6.20 Å². The highest BCUT2D eigenvalue weighted by atomic mass is 16.5. The maximum Gasteiger partial charge on any atom is 0.162 e. The SMILES string of the molecule is CCC(CC)C(O)C(O)c1c(OC)cnn1CC. The van der Waals surface area contributed by atoms with Crippen molar-refractivity contribution in [1.82, 2.24) is 9.78 Å². The molecule has 18 heavy (non-hydrogen) atoms. The van der Waals surface area contributed by atoms with Gasteiger partial charge in [-0.05, 0) is 12.8 Å². The van der Waals surface area contributed by atoms with Gasteiger partial charge in [-0.15, -0.1) is 0 Å². The molecule has 0 fully saturated rings. The molecule has 0 aliphatic rings. The Bertz CT molecular complexity index is 340. The predicted octanol–water partition coefficient (Wildman–Crippen LogP) is 1.74. The molecule has 0 bridgehead atoms. The van der Waals surface area contributed by atoms with Gasteiger partial charge >= 0.3 is 0 Å². The summed E-state index contributed by atoms with van der Waals surface area (Å²) >= 11 is 0. The van der Waals surface area contributed by atoms with Gasteiger partial charge in [-0.25, -0.2) is 0 Å². The molecule has 2 atom stereocenters. The lowest BCUT2D eigenvalue weighted by Crippen LogP contribution is -2.29. The molecule has 104 valence electrons. The van der Waals surface area contributed by atoms with E-state index in [1.165, 1.54) is 7.11 Å². The highest BCUT2D eigenvalue weighted by Gasteiger charge is 2.30. The first-order valence-electron chi connectivity index (χ1n) is 6.56. The summed E-state index contributed by atoms with van der Waals surface area (Å²) in [7, 11) is 1.54. The largest absolute Gasteiger partial charge is 0.493 e. The number of aromatic nitrogens is 2. The van der Waals surface area contributed by atoms with Crippen LogP contribution in [0.3, 0.4) is 0 Å². The molecule has 0 aliphatic heterocycles. The zero-order valence-corrected chi connectivity index (χ0v) is 11.6. The van der Waals surface area contributed by atoms with Crippen molar-refractivity contribution in [2.75, 3.05) is 7.11 Å². The third kappa shape index (κ3) is 2.84. The monoisotopic (exact) mass is 256 g/mol. The third-order valence-corrected chi connectivity index (χ3v) is 3.50. The van der Waals surface area contributed by atoms with Crippen molar-refractivity contribution >= 4 is 0 Å². The van der Waals surface area contributed by atoms with E-state index in [0.29, 0.717) is 18.0 Å². The van der Waals surface area contributed by atoms with Gasteiger partial charge in [0.1, 0.15) is 11.8 Å². The highest BCUT2D eigenvalue weighted by Crippen LogP contribution is 2.31. The molecule has 1 heterocycles. The van der Waals surface area contributed by atoms with Gasteiger partial charge in [-0.1, -0.05) is 26.7 Å². The predicted molar refractivity (Wildman–Crippen MR) is 69.5 cm³/mol. The third-order valence-electron chi connectivity index (χ3n) is 3.50. The lowest BCUT2D eigenvalue weighted by Gasteiger charge is -2.25. The van der Waals surface area contributed by atoms with Crippen molar-refractivity contribution in [1.29, 1.82) is 0 Å². The fourth-order valence-electron chi connectivity index (χ4n) is 2.28. The van der Waals surface area contributed by atoms with Crippen LogP contribution in [-0.2, 0) is 6.54 Å². The minimum Gasteiger partial charge on any atom is -0.493 e. The number of ether oxygens (including phenoxy) is 1. The summed E-state index contributed by atoms with van der Waals surface area (Å²) in [6.45, 7) is 6.59. The number of nitrogens with zero attached hydrogens (tertiary/aromatic N) is 2. The number of hydrogen-bond acceptors (Lipinski definition) is 4. The molecule has 1 rings (SSSR count). The van der Waals surface area contributed by atoms with Crippen LogP contribution in [0.25, 0.3) is 0 Å². The first kappa shape index (κ1) is 15.0. The van der Waals surface area contributed by atoms with E-state index in [4.69, 9.17) is 4.74 Å². The summed E-state index contributed by atoms with van der Waals surface area (Å²) in [5.41, 5.74) is 0.555. The Morgan fingerprint density at radius 2 is 1.89 bits per heavy atom. The Labute approximate surface area is 108 Å². The number of aryl methyl sites for hydroxylation is 1. The summed E-state index contributed by atoms with van der Waals surface area (Å²) in [5, 5.41) is 24.7. The van der Waals surface area contributed by atoms with Gasteiger partial charge in [0.05, 0.1) is 19.4 Å². The zero-order chi connectivity index (χ0) is 13.7. The lowest BCUT2D eigenvalue weighted by molar-refractivity contribution is -0.0261. The molecule has 0 aromatic carbocycles. The van der Waals surface area contributed by atoms with Crippen molar-refractivity contribution in [2.24, 2.45) is 5.92 Å². The van der Waals surface area contributed by atoms with Crippen LogP contribution >= 0.6 is 0 Å². The molecule has 2 unspecified atom stereocenters. The van der Waals surface area contributed by atoms with Crippen molar-refractivity contribution in [3.05, 3.63) is 11.9 Å². The smallest absolute Gasteiger partial charge is 0.162 e. The van der Waals surface area contributed by atoms with Crippen molar-refractivity contribution in [2.45, 2.75) is 52.4 Å². The maximum absolute atomic E-state index is 10.3. The van der Waals surface area contributed by atoms with Crippen molar-refractivity contribution in [3.8, 4) is 5.75 Å². The summed E-state index contributed by atoms with van der Waals surface area (Å²) in [6, 6.07) is 0. The number of methoxy groups -OCH3 is 1. The molecular formula is C13H24N2O3. The average Bonchev–Trinajstić information content (AvgIpc) is 2.81. The van der Waals surface area contributed by atoms with E-state index in [-0.39, 0.29) is 5.92 Å². The standard InChI is InChI=1S/C13H24N2O3/c1-5-9(6-2)12(16)13(17)11-10(18-4)8-14-15(11)7-3/h8-9,12-13,16-17H,5-7H2,1-4H3. The van der Waals surface area contributed by atoms with E-state index in [1.807, 2.05) is 20.8 Å². The maximum atomic E-state index is 10.3. The first-order chi connectivity index (χ1) is 8.60. The number of aliphatic hydroxyl groups excluding tert-OH is 2. The summed E-state index contributed by atoms with van der Waals surface area (Å²) < 4.78 is 6.85. The number of hydrogen-bond donors (Lipinski definition) is 2. The Balaban J connectivity index is 3.01. The fourth-order valence-corrected chi connectivity index (χ4v) is 2.28. The van der Waals surface area contributed by atoms with E-state index in [1.54, 1.807) is 10.9 Å². The average molecular weight is 256 g/mol. The van der Waals surface area contributed by atoms with Crippen molar-refractivity contribution < 1.29 is 14.9 Å². The first-order valence-corrected chi connectivity index (χ1v) is 6.56. The van der Waals surface area contributed by atoms with Gasteiger partial charge in [0, 0.05) is 6.54 Å². The van der Waals surface area contributed by atoms with Gasteiger partial charge in [-0.2, -0.15) is 5.10 Å². The lowest BCUT2D eigenvalue weighted by atomic mass is 9.91. The summed E-state index contributed by atoms with van der Waals surface area (Å²) in [4.78, 5) is 0.